The number of nitrogens with one attached hydrogen (secondary N) is 1. The Labute approximate surface area is 236 Å². The van der Waals surface area contributed by atoms with E-state index in [9.17, 15) is 35.9 Å². The third-order valence-electron chi connectivity index (χ3n) is 7.92. The molecule has 0 unspecified atom stereocenters. The molecule has 230 valence electrons. The molecule has 1 N–H and O–H groups in total. The summed E-state index contributed by atoms with van der Waals surface area (Å²) in [7, 11) is 0. The fourth-order valence-corrected chi connectivity index (χ4v) is 5.64. The van der Waals surface area contributed by atoms with Crippen LogP contribution in [0.15, 0.2) is 23.3 Å². The van der Waals surface area contributed by atoms with E-state index in [2.05, 4.69) is 20.0 Å². The van der Waals surface area contributed by atoms with Gasteiger partial charge in [-0.15, -0.1) is 0 Å². The molecule has 2 aromatic heterocycles. The van der Waals surface area contributed by atoms with Crippen molar-refractivity contribution in [3.63, 3.8) is 0 Å². The van der Waals surface area contributed by atoms with Gasteiger partial charge in [-0.25, -0.2) is 15.1 Å². The predicted molar refractivity (Wildman–Crippen MR) is 137 cm³/mol. The number of hydrogen-bond acceptors (Lipinski definition) is 9. The zero-order valence-electron chi connectivity index (χ0n) is 22.5. The van der Waals surface area contributed by atoms with Crippen molar-refractivity contribution in [1.29, 1.82) is 0 Å². The van der Waals surface area contributed by atoms with Crippen molar-refractivity contribution in [2.45, 2.75) is 43.7 Å². The number of halogens is 6. The molecule has 2 atom stereocenters. The summed E-state index contributed by atoms with van der Waals surface area (Å²) in [6.45, 7) is 4.20. The molecule has 0 aliphatic carbocycles. The van der Waals surface area contributed by atoms with E-state index in [4.69, 9.17) is 4.74 Å². The highest BCUT2D eigenvalue weighted by Crippen LogP contribution is 2.33. The first kappa shape index (κ1) is 30.0. The molecule has 3 fully saturated rings. The van der Waals surface area contributed by atoms with E-state index >= 15 is 0 Å². The van der Waals surface area contributed by atoms with Gasteiger partial charge in [0, 0.05) is 82.8 Å². The van der Waals surface area contributed by atoms with E-state index in [0.29, 0.717) is 71.9 Å². The van der Waals surface area contributed by atoms with Crippen LogP contribution in [0.3, 0.4) is 0 Å². The number of amides is 1. The van der Waals surface area contributed by atoms with Crippen LogP contribution in [0, 0.1) is 0 Å². The van der Waals surface area contributed by atoms with Gasteiger partial charge in [0.2, 0.25) is 11.9 Å². The van der Waals surface area contributed by atoms with Crippen LogP contribution >= 0.6 is 0 Å². The van der Waals surface area contributed by atoms with Gasteiger partial charge in [-0.1, -0.05) is 0 Å². The Morgan fingerprint density at radius 3 is 2.26 bits per heavy atom. The van der Waals surface area contributed by atoms with Crippen LogP contribution in [0.1, 0.15) is 30.4 Å². The monoisotopic (exact) mass is 604 g/mol. The first-order valence-electron chi connectivity index (χ1n) is 13.6. The fourth-order valence-electron chi connectivity index (χ4n) is 5.64. The number of carbonyl (C=O) groups is 1. The predicted octanol–water partition coefficient (Wildman–Crippen LogP) is 2.01. The lowest BCUT2D eigenvalue weighted by Crippen LogP contribution is -2.49. The highest BCUT2D eigenvalue weighted by atomic mass is 19.4. The quantitative estimate of drug-likeness (QED) is 0.496. The van der Waals surface area contributed by atoms with Crippen LogP contribution in [0.2, 0.25) is 0 Å². The molecule has 3 aliphatic heterocycles. The average Bonchev–Trinajstić information content (AvgIpc) is 3.40. The van der Waals surface area contributed by atoms with Crippen molar-refractivity contribution in [3.05, 3.63) is 39.9 Å². The van der Waals surface area contributed by atoms with E-state index in [1.165, 1.54) is 0 Å². The normalized spacial score (nSPS) is 22.6. The van der Waals surface area contributed by atoms with Crippen molar-refractivity contribution < 1.29 is 35.9 Å². The maximum Gasteiger partial charge on any atom is 0.421 e. The third kappa shape index (κ3) is 6.77. The number of nitrogens with zero attached hydrogens (tertiary/aromatic N) is 7. The molecule has 3 saturated heterocycles. The molecular formula is C25H30F6N8O3. The van der Waals surface area contributed by atoms with Crippen LogP contribution in [0.5, 0.6) is 0 Å². The van der Waals surface area contributed by atoms with Gasteiger partial charge in [0.25, 0.3) is 5.56 Å². The minimum absolute atomic E-state index is 0.000268. The topological polar surface area (TPSA) is 111 Å². The minimum Gasteiger partial charge on any atom is -0.379 e. The lowest BCUT2D eigenvalue weighted by atomic mass is 10.0. The molecule has 1 amide bonds. The Bertz CT molecular complexity index is 1290. The minimum atomic E-state index is -4.84. The highest BCUT2D eigenvalue weighted by molar-refractivity contribution is 5.76. The molecule has 11 nitrogen and oxygen atoms in total. The molecule has 0 radical (unpaired) electrons. The summed E-state index contributed by atoms with van der Waals surface area (Å²) in [5, 5.41) is 5.87. The molecule has 5 rings (SSSR count). The van der Waals surface area contributed by atoms with Gasteiger partial charge in [0.05, 0.1) is 18.8 Å². The molecule has 42 heavy (non-hydrogen) atoms. The van der Waals surface area contributed by atoms with Gasteiger partial charge in [0.1, 0.15) is 11.4 Å². The Morgan fingerprint density at radius 2 is 1.64 bits per heavy atom. The molecule has 0 bridgehead atoms. The number of hydrogen-bond donors (Lipinski definition) is 1. The number of carbonyl (C=O) groups excluding carboxylic acids is 1. The van der Waals surface area contributed by atoms with Gasteiger partial charge in [-0.05, 0) is 12.8 Å². The van der Waals surface area contributed by atoms with Crippen molar-refractivity contribution in [2.75, 3.05) is 68.8 Å². The Morgan fingerprint density at radius 1 is 0.976 bits per heavy atom. The van der Waals surface area contributed by atoms with E-state index in [-0.39, 0.29) is 36.2 Å². The largest absolute Gasteiger partial charge is 0.421 e. The lowest BCUT2D eigenvalue weighted by molar-refractivity contribution is -0.139. The van der Waals surface area contributed by atoms with Crippen LogP contribution in [0.25, 0.3) is 0 Å². The number of piperazine rings is 1. The van der Waals surface area contributed by atoms with Crippen molar-refractivity contribution in [3.8, 4) is 0 Å². The number of H-pyrrole nitrogens is 1. The smallest absolute Gasteiger partial charge is 0.379 e. The molecule has 0 aromatic carbocycles. The summed E-state index contributed by atoms with van der Waals surface area (Å²) in [6.07, 6.45) is -6.80. The summed E-state index contributed by atoms with van der Waals surface area (Å²) in [4.78, 5) is 39.8. The lowest BCUT2D eigenvalue weighted by Gasteiger charge is -2.35. The van der Waals surface area contributed by atoms with Crippen molar-refractivity contribution in [2.24, 2.45) is 0 Å². The molecule has 2 aromatic rings. The zero-order chi connectivity index (χ0) is 30.1. The van der Waals surface area contributed by atoms with Crippen LogP contribution < -0.4 is 15.4 Å². The Kier molecular flexibility index (Phi) is 8.59. The van der Waals surface area contributed by atoms with E-state index in [0.717, 1.165) is 18.5 Å². The van der Waals surface area contributed by atoms with Crippen LogP contribution in [-0.2, 0) is 21.9 Å². The van der Waals surface area contributed by atoms with E-state index in [1.807, 2.05) is 5.10 Å². The molecule has 17 heteroatoms. The summed E-state index contributed by atoms with van der Waals surface area (Å²) >= 11 is 0. The fraction of sp³-hybridized carbons (Fsp3) is 0.640. The zero-order valence-corrected chi connectivity index (χ0v) is 22.5. The second-order valence-electron chi connectivity index (χ2n) is 10.5. The highest BCUT2D eigenvalue weighted by Gasteiger charge is 2.40. The second kappa shape index (κ2) is 12.0. The number of ether oxygens (including phenoxy) is 1. The maximum absolute atomic E-state index is 13.4. The van der Waals surface area contributed by atoms with Gasteiger partial charge in [-0.2, -0.15) is 31.4 Å². The number of aromatic amines is 1. The molecular weight excluding hydrogens is 574 g/mol. The van der Waals surface area contributed by atoms with Gasteiger partial charge >= 0.3 is 12.4 Å². The van der Waals surface area contributed by atoms with Crippen LogP contribution in [-0.4, -0.2) is 107 Å². The summed E-state index contributed by atoms with van der Waals surface area (Å²) in [6, 6.07) is 0.491. The van der Waals surface area contributed by atoms with Crippen LogP contribution in [0.4, 0.5) is 38.1 Å². The number of rotatable bonds is 6. The average molecular weight is 605 g/mol. The Hall–Kier alpha value is -3.47. The standard InChI is InChI=1S/C25H30F6N8O3/c26-24(27,28)16-13-32-23(33-14-16)38-5-3-37(4-6-38)21(40)2-1-17-11-18(36-7-9-42-10-8-36)15-39(17)20-12-19(25(29,30)31)22(41)35-34-20/h12-14,17-18H,1-11,15H2,(H,35,41)/t17-,18+/m1/s1. The first-order valence-corrected chi connectivity index (χ1v) is 13.6. The number of aromatic nitrogens is 4. The van der Waals surface area contributed by atoms with Gasteiger partial charge in [-0.3, -0.25) is 14.5 Å². The van der Waals surface area contributed by atoms with E-state index < -0.39 is 29.0 Å². The summed E-state index contributed by atoms with van der Waals surface area (Å²) in [5.74, 6) is 0.0148. The number of anilines is 2. The van der Waals surface area contributed by atoms with E-state index in [1.54, 1.807) is 14.7 Å². The molecule has 5 heterocycles. The molecule has 0 saturated carbocycles. The number of morpholine rings is 1. The maximum atomic E-state index is 13.4. The third-order valence-corrected chi connectivity index (χ3v) is 7.92. The summed E-state index contributed by atoms with van der Waals surface area (Å²) < 4.78 is 84.1. The SMILES string of the molecule is O=C(CC[C@@H]1C[C@H](N2CCOCC2)CN1c1cc(C(F)(F)F)c(=O)[nH]n1)N1CCN(c2ncc(C(F)(F)F)cn2)CC1. The number of alkyl halides is 6. The first-order chi connectivity index (χ1) is 19.9. The van der Waals surface area contributed by atoms with Crippen molar-refractivity contribution in [1.82, 2.24) is 30.0 Å². The van der Waals surface area contributed by atoms with Gasteiger partial charge in [0.15, 0.2) is 0 Å². The Balaban J connectivity index is 1.22. The van der Waals surface area contributed by atoms with Gasteiger partial charge < -0.3 is 19.4 Å². The molecule has 0 spiro atoms. The second-order valence-corrected chi connectivity index (χ2v) is 10.5. The van der Waals surface area contributed by atoms with Crippen molar-refractivity contribution >= 4 is 17.7 Å². The summed E-state index contributed by atoms with van der Waals surface area (Å²) in [5.41, 5.74) is -3.58. The molecule has 3 aliphatic rings.